The maximum Gasteiger partial charge on any atom is 0.0459 e. The Morgan fingerprint density at radius 2 is 2.10 bits per heavy atom. The van der Waals surface area contributed by atoms with Crippen LogP contribution in [0.2, 0.25) is 5.02 Å². The van der Waals surface area contributed by atoms with Crippen LogP contribution in [0.5, 0.6) is 0 Å². The number of likely N-dealkylation sites (N-methyl/N-ethyl adjacent to an activating group) is 1. The summed E-state index contributed by atoms with van der Waals surface area (Å²) in [5, 5.41) is 0.978. The van der Waals surface area contributed by atoms with E-state index in [-0.39, 0.29) is 0 Å². The van der Waals surface area contributed by atoms with Gasteiger partial charge in [0.2, 0.25) is 0 Å². The van der Waals surface area contributed by atoms with E-state index < -0.39 is 0 Å². The number of halogens is 1. The van der Waals surface area contributed by atoms with Crippen molar-refractivity contribution in [2.45, 2.75) is 44.6 Å². The van der Waals surface area contributed by atoms with Gasteiger partial charge in [-0.25, -0.2) is 0 Å². The van der Waals surface area contributed by atoms with Crippen molar-refractivity contribution in [3.05, 3.63) is 28.3 Å². The number of anilines is 1. The van der Waals surface area contributed by atoms with Crippen molar-refractivity contribution in [2.75, 3.05) is 31.1 Å². The fourth-order valence-corrected chi connectivity index (χ4v) is 4.82. The van der Waals surface area contributed by atoms with E-state index in [4.69, 9.17) is 11.6 Å². The zero-order chi connectivity index (χ0) is 13.7. The van der Waals surface area contributed by atoms with E-state index in [9.17, 15) is 0 Å². The van der Waals surface area contributed by atoms with Crippen molar-refractivity contribution < 1.29 is 0 Å². The summed E-state index contributed by atoms with van der Waals surface area (Å²) in [6.07, 6.45) is 5.22. The van der Waals surface area contributed by atoms with Crippen LogP contribution in [-0.2, 0) is 6.42 Å². The minimum absolute atomic E-state index is 0.749. The maximum absolute atomic E-state index is 6.54. The molecule has 0 spiro atoms. The molecule has 1 aromatic carbocycles. The van der Waals surface area contributed by atoms with Gasteiger partial charge >= 0.3 is 0 Å². The monoisotopic (exact) mass is 290 g/mol. The molecule has 0 aromatic heterocycles. The second kappa shape index (κ2) is 4.92. The Bertz CT molecular complexity index is 528. The second-order valence-corrected chi connectivity index (χ2v) is 6.85. The highest BCUT2D eigenvalue weighted by Gasteiger charge is 2.43. The van der Waals surface area contributed by atoms with Crippen LogP contribution in [0.1, 0.15) is 43.2 Å². The number of hydrogen-bond acceptors (Lipinski definition) is 2. The standard InChI is InChI=1S/C17H23ClN2/c1-2-19-9-8-14-15(18)7-6-13-12-4-3-5-16(12)20(11-10-19)17(13)14/h6-7,12,16H,2-5,8-11H2,1H3. The molecule has 2 atom stereocenters. The molecule has 3 aliphatic rings. The Balaban J connectivity index is 1.81. The summed E-state index contributed by atoms with van der Waals surface area (Å²) in [5.41, 5.74) is 4.52. The molecule has 4 rings (SSSR count). The number of benzene rings is 1. The predicted octanol–water partition coefficient (Wildman–Crippen LogP) is 3.67. The fraction of sp³-hybridized carbons (Fsp3) is 0.647. The first-order valence-electron chi connectivity index (χ1n) is 8.10. The van der Waals surface area contributed by atoms with E-state index in [0.717, 1.165) is 36.5 Å². The molecule has 108 valence electrons. The van der Waals surface area contributed by atoms with E-state index in [1.54, 1.807) is 5.56 Å². The zero-order valence-corrected chi connectivity index (χ0v) is 13.0. The molecular weight excluding hydrogens is 268 g/mol. The summed E-state index contributed by atoms with van der Waals surface area (Å²) in [5.74, 6) is 0.772. The van der Waals surface area contributed by atoms with Crippen LogP contribution < -0.4 is 4.90 Å². The first-order chi connectivity index (χ1) is 9.79. The molecule has 1 aliphatic carbocycles. The van der Waals surface area contributed by atoms with Crippen LogP contribution in [0, 0.1) is 0 Å². The summed E-state index contributed by atoms with van der Waals surface area (Å²) in [6.45, 7) is 6.94. The van der Waals surface area contributed by atoms with Crippen molar-refractivity contribution >= 4 is 17.3 Å². The predicted molar refractivity (Wildman–Crippen MR) is 85.0 cm³/mol. The van der Waals surface area contributed by atoms with Gasteiger partial charge in [0, 0.05) is 42.3 Å². The highest BCUT2D eigenvalue weighted by molar-refractivity contribution is 6.31. The van der Waals surface area contributed by atoms with Gasteiger partial charge in [-0.1, -0.05) is 31.0 Å². The molecule has 0 N–H and O–H groups in total. The lowest BCUT2D eigenvalue weighted by Gasteiger charge is -2.34. The van der Waals surface area contributed by atoms with Crippen LogP contribution in [0.25, 0.3) is 0 Å². The van der Waals surface area contributed by atoms with Gasteiger partial charge < -0.3 is 9.80 Å². The molecule has 1 saturated carbocycles. The maximum atomic E-state index is 6.54. The van der Waals surface area contributed by atoms with Gasteiger partial charge in [0.25, 0.3) is 0 Å². The lowest BCUT2D eigenvalue weighted by Crippen LogP contribution is -2.41. The molecule has 3 heteroatoms. The summed E-state index contributed by atoms with van der Waals surface area (Å²) in [4.78, 5) is 5.27. The Labute approximate surface area is 126 Å². The average Bonchev–Trinajstić information content (AvgIpc) is 2.99. The van der Waals surface area contributed by atoms with E-state index in [0.29, 0.717) is 0 Å². The molecule has 0 amide bonds. The smallest absolute Gasteiger partial charge is 0.0459 e. The lowest BCUT2D eigenvalue weighted by molar-refractivity contribution is 0.291. The van der Waals surface area contributed by atoms with Crippen molar-refractivity contribution in [3.8, 4) is 0 Å². The molecule has 1 fully saturated rings. The Morgan fingerprint density at radius 3 is 2.95 bits per heavy atom. The molecule has 0 saturated heterocycles. The lowest BCUT2D eigenvalue weighted by atomic mass is 9.95. The molecule has 2 heterocycles. The molecule has 1 aromatic rings. The molecule has 20 heavy (non-hydrogen) atoms. The van der Waals surface area contributed by atoms with Gasteiger partial charge in [-0.2, -0.15) is 0 Å². The van der Waals surface area contributed by atoms with Crippen molar-refractivity contribution in [1.29, 1.82) is 0 Å². The summed E-state index contributed by atoms with van der Waals surface area (Å²) >= 11 is 6.54. The average molecular weight is 291 g/mol. The van der Waals surface area contributed by atoms with Crippen LogP contribution >= 0.6 is 11.6 Å². The van der Waals surface area contributed by atoms with Crippen LogP contribution in [0.4, 0.5) is 5.69 Å². The van der Waals surface area contributed by atoms with Crippen LogP contribution in [-0.4, -0.2) is 37.1 Å². The summed E-state index contributed by atoms with van der Waals surface area (Å²) in [6, 6.07) is 5.20. The third-order valence-electron chi connectivity index (χ3n) is 5.61. The Kier molecular flexibility index (Phi) is 3.19. The Morgan fingerprint density at radius 1 is 1.20 bits per heavy atom. The van der Waals surface area contributed by atoms with E-state index in [2.05, 4.69) is 28.9 Å². The third kappa shape index (κ3) is 1.81. The summed E-state index contributed by atoms with van der Waals surface area (Å²) in [7, 11) is 0. The van der Waals surface area contributed by atoms with Crippen LogP contribution in [0.3, 0.4) is 0 Å². The summed E-state index contributed by atoms with van der Waals surface area (Å²) < 4.78 is 0. The van der Waals surface area contributed by atoms with Crippen LogP contribution in [0.15, 0.2) is 12.1 Å². The van der Waals surface area contributed by atoms with Gasteiger partial charge in [0.05, 0.1) is 0 Å². The molecule has 2 nitrogen and oxygen atoms in total. The zero-order valence-electron chi connectivity index (χ0n) is 12.2. The van der Waals surface area contributed by atoms with Crippen molar-refractivity contribution in [3.63, 3.8) is 0 Å². The van der Waals surface area contributed by atoms with Crippen molar-refractivity contribution in [2.24, 2.45) is 0 Å². The van der Waals surface area contributed by atoms with Gasteiger partial charge in [-0.15, -0.1) is 0 Å². The minimum atomic E-state index is 0.749. The Hall–Kier alpha value is -0.730. The van der Waals surface area contributed by atoms with Gasteiger partial charge in [0.1, 0.15) is 0 Å². The van der Waals surface area contributed by atoms with E-state index in [1.165, 1.54) is 43.6 Å². The first-order valence-corrected chi connectivity index (χ1v) is 8.47. The number of rotatable bonds is 1. The SMILES string of the molecule is CCN1CCc2c(Cl)ccc3c2N(CC1)C1CCCC31. The largest absolute Gasteiger partial charge is 0.366 e. The van der Waals surface area contributed by atoms with Gasteiger partial charge in [0.15, 0.2) is 0 Å². The van der Waals surface area contributed by atoms with Crippen molar-refractivity contribution in [1.82, 2.24) is 4.90 Å². The third-order valence-corrected chi connectivity index (χ3v) is 5.96. The van der Waals surface area contributed by atoms with Gasteiger partial charge in [-0.05, 0) is 43.0 Å². The molecule has 2 aliphatic heterocycles. The normalized spacial score (nSPS) is 29.0. The molecular formula is C17H23ClN2. The minimum Gasteiger partial charge on any atom is -0.366 e. The number of hydrogen-bond donors (Lipinski definition) is 0. The van der Waals surface area contributed by atoms with E-state index >= 15 is 0 Å². The quantitative estimate of drug-likeness (QED) is 0.778. The molecule has 0 radical (unpaired) electrons. The second-order valence-electron chi connectivity index (χ2n) is 6.45. The number of fused-ring (bicyclic) bond motifs is 3. The first kappa shape index (κ1) is 13.0. The van der Waals surface area contributed by atoms with Gasteiger partial charge in [-0.3, -0.25) is 0 Å². The molecule has 2 unspecified atom stereocenters. The highest BCUT2D eigenvalue weighted by atomic mass is 35.5. The fourth-order valence-electron chi connectivity index (χ4n) is 4.57. The number of nitrogens with zero attached hydrogens (tertiary/aromatic N) is 2. The topological polar surface area (TPSA) is 6.48 Å². The van der Waals surface area contributed by atoms with E-state index in [1.807, 2.05) is 0 Å². The molecule has 0 bridgehead atoms. The highest BCUT2D eigenvalue weighted by Crippen LogP contribution is 2.52.